The first-order valence-corrected chi connectivity index (χ1v) is 10.8. The molecule has 0 bridgehead atoms. The molecule has 3 aliphatic rings. The highest BCUT2D eigenvalue weighted by Crippen LogP contribution is 2.47. The molecule has 2 aromatic rings. The summed E-state index contributed by atoms with van der Waals surface area (Å²) in [7, 11) is 0. The molecule has 9 heteroatoms. The molecule has 5 rings (SSSR count). The second-order valence-corrected chi connectivity index (χ2v) is 10.2. The van der Waals surface area contributed by atoms with E-state index in [2.05, 4.69) is 31.4 Å². The van der Waals surface area contributed by atoms with Crippen molar-refractivity contribution in [1.29, 1.82) is 0 Å². The zero-order valence-corrected chi connectivity index (χ0v) is 17.9. The summed E-state index contributed by atoms with van der Waals surface area (Å²) in [5.41, 5.74) is 2.27. The van der Waals surface area contributed by atoms with Gasteiger partial charge in [0.2, 0.25) is 6.79 Å². The number of nitrogens with one attached hydrogen (secondary N) is 2. The topological polar surface area (TPSA) is 103 Å². The molecule has 8 nitrogen and oxygen atoms in total. The van der Waals surface area contributed by atoms with Crippen LogP contribution < -0.4 is 20.1 Å². The van der Waals surface area contributed by atoms with E-state index in [-0.39, 0.29) is 23.8 Å². The Kier molecular flexibility index (Phi) is 4.22. The number of benzene rings is 1. The molecule has 0 fully saturated rings. The monoisotopic (exact) mass is 429 g/mol. The molecular formula is C21H23N3O5S. The van der Waals surface area contributed by atoms with Gasteiger partial charge in [0.25, 0.3) is 11.6 Å². The quantitative estimate of drug-likeness (QED) is 0.542. The molecule has 30 heavy (non-hydrogen) atoms. The summed E-state index contributed by atoms with van der Waals surface area (Å²) in [6, 6.07) is 2.93. The van der Waals surface area contributed by atoms with Crippen molar-refractivity contribution in [2.24, 2.45) is 11.3 Å². The summed E-state index contributed by atoms with van der Waals surface area (Å²) < 4.78 is 10.7. The number of carbonyl (C=O) groups is 1. The minimum Gasteiger partial charge on any atom is -0.454 e. The van der Waals surface area contributed by atoms with Crippen LogP contribution in [0.3, 0.4) is 0 Å². The van der Waals surface area contributed by atoms with E-state index >= 15 is 0 Å². The van der Waals surface area contributed by atoms with E-state index in [1.54, 1.807) is 17.4 Å². The summed E-state index contributed by atoms with van der Waals surface area (Å²) >= 11 is 1.60. The number of carbonyl (C=O) groups excluding carboxylic acids is 1. The van der Waals surface area contributed by atoms with Gasteiger partial charge in [-0.1, -0.05) is 20.8 Å². The van der Waals surface area contributed by atoms with Crippen molar-refractivity contribution in [2.45, 2.75) is 46.2 Å². The number of anilines is 1. The van der Waals surface area contributed by atoms with Gasteiger partial charge in [-0.25, -0.2) is 0 Å². The third kappa shape index (κ3) is 2.99. The van der Waals surface area contributed by atoms with Crippen LogP contribution in [-0.2, 0) is 12.8 Å². The van der Waals surface area contributed by atoms with Crippen LogP contribution in [0.2, 0.25) is 0 Å². The summed E-state index contributed by atoms with van der Waals surface area (Å²) in [6.45, 7) is 6.80. The molecular weight excluding hydrogens is 406 g/mol. The summed E-state index contributed by atoms with van der Waals surface area (Å²) in [5.74, 6) is 1.16. The van der Waals surface area contributed by atoms with Gasteiger partial charge in [0, 0.05) is 4.88 Å². The van der Waals surface area contributed by atoms with Gasteiger partial charge >= 0.3 is 0 Å². The molecule has 2 N–H and O–H groups in total. The van der Waals surface area contributed by atoms with E-state index in [9.17, 15) is 14.9 Å². The van der Waals surface area contributed by atoms with Crippen LogP contribution in [0, 0.1) is 21.4 Å². The number of nitrogens with zero attached hydrogens (tertiary/aromatic N) is 1. The highest BCUT2D eigenvalue weighted by atomic mass is 32.1. The lowest BCUT2D eigenvalue weighted by Gasteiger charge is -2.34. The predicted octanol–water partition coefficient (Wildman–Crippen LogP) is 4.39. The van der Waals surface area contributed by atoms with Gasteiger partial charge < -0.3 is 20.1 Å². The fraction of sp³-hybridized carbons (Fsp3) is 0.476. The highest BCUT2D eigenvalue weighted by molar-refractivity contribution is 7.16. The number of hydrogen-bond donors (Lipinski definition) is 2. The minimum absolute atomic E-state index is 0.0249. The Morgan fingerprint density at radius 1 is 1.20 bits per heavy atom. The number of hydrogen-bond acceptors (Lipinski definition) is 7. The predicted molar refractivity (Wildman–Crippen MR) is 112 cm³/mol. The molecule has 0 saturated carbocycles. The standard InChI is InChI=1S/C21H23N3O5S/c1-21(2,3)10-4-5-11-16(6-10)30-20-17(11)19(25)22-18(23-20)12-7-14-15(29-9-28-14)8-13(12)24(26)27/h7-8,10,18,23H,4-6,9H2,1-3H3,(H,22,25)/t10-,18+/m0/s1. The molecule has 1 aliphatic carbocycles. The Balaban J connectivity index is 1.51. The van der Waals surface area contributed by atoms with Crippen LogP contribution in [0.15, 0.2) is 12.1 Å². The molecule has 1 aromatic carbocycles. The average Bonchev–Trinajstić information content (AvgIpc) is 3.29. The number of amides is 1. The number of nitro groups is 1. The zero-order valence-electron chi connectivity index (χ0n) is 17.0. The maximum absolute atomic E-state index is 13.0. The van der Waals surface area contributed by atoms with Crippen molar-refractivity contribution in [3.63, 3.8) is 0 Å². The smallest absolute Gasteiger partial charge is 0.280 e. The van der Waals surface area contributed by atoms with Gasteiger partial charge in [0.1, 0.15) is 11.2 Å². The third-order valence-electron chi connectivity index (χ3n) is 6.30. The lowest BCUT2D eigenvalue weighted by atomic mass is 9.72. The highest BCUT2D eigenvalue weighted by Gasteiger charge is 2.38. The first-order valence-electron chi connectivity index (χ1n) is 10.0. The Morgan fingerprint density at radius 2 is 1.93 bits per heavy atom. The van der Waals surface area contributed by atoms with E-state index in [1.165, 1.54) is 10.9 Å². The summed E-state index contributed by atoms with van der Waals surface area (Å²) in [4.78, 5) is 25.5. The zero-order chi connectivity index (χ0) is 21.2. The number of nitro benzene ring substituents is 1. The normalized spacial score (nSPS) is 22.0. The molecule has 1 aromatic heterocycles. The van der Waals surface area contributed by atoms with Crippen LogP contribution in [0.25, 0.3) is 0 Å². The number of ether oxygens (including phenoxy) is 2. The Labute approximate surface area is 177 Å². The van der Waals surface area contributed by atoms with Gasteiger partial charge in [-0.3, -0.25) is 14.9 Å². The van der Waals surface area contributed by atoms with E-state index in [4.69, 9.17) is 9.47 Å². The fourth-order valence-corrected chi connectivity index (χ4v) is 5.88. The van der Waals surface area contributed by atoms with E-state index in [0.29, 0.717) is 28.5 Å². The second kappa shape index (κ2) is 6.60. The van der Waals surface area contributed by atoms with Gasteiger partial charge in [-0.2, -0.15) is 0 Å². The maximum Gasteiger partial charge on any atom is 0.280 e. The van der Waals surface area contributed by atoms with Gasteiger partial charge in [-0.15, -0.1) is 11.3 Å². The lowest BCUT2D eigenvalue weighted by molar-refractivity contribution is -0.385. The summed E-state index contributed by atoms with van der Waals surface area (Å²) in [5, 5.41) is 18.7. The molecule has 2 atom stereocenters. The van der Waals surface area contributed by atoms with Crippen LogP contribution in [0.5, 0.6) is 11.5 Å². The van der Waals surface area contributed by atoms with Crippen molar-refractivity contribution in [2.75, 3.05) is 12.1 Å². The minimum atomic E-state index is -0.710. The van der Waals surface area contributed by atoms with Gasteiger partial charge in [-0.05, 0) is 42.2 Å². The molecule has 0 saturated heterocycles. The third-order valence-corrected chi connectivity index (χ3v) is 7.48. The number of fused-ring (bicyclic) bond motifs is 4. The van der Waals surface area contributed by atoms with Crippen molar-refractivity contribution in [3.8, 4) is 11.5 Å². The first kappa shape index (κ1) is 19.2. The van der Waals surface area contributed by atoms with Crippen LogP contribution in [0.1, 0.15) is 59.7 Å². The Morgan fingerprint density at radius 3 is 2.63 bits per heavy atom. The van der Waals surface area contributed by atoms with E-state index in [0.717, 1.165) is 29.8 Å². The molecule has 1 amide bonds. The van der Waals surface area contributed by atoms with Crippen LogP contribution in [-0.4, -0.2) is 17.6 Å². The van der Waals surface area contributed by atoms with Gasteiger partial charge in [0.15, 0.2) is 11.5 Å². The second-order valence-electron chi connectivity index (χ2n) is 9.09. The van der Waals surface area contributed by atoms with Gasteiger partial charge in [0.05, 0.1) is 22.1 Å². The first-order chi connectivity index (χ1) is 14.2. The van der Waals surface area contributed by atoms with Crippen LogP contribution in [0.4, 0.5) is 10.7 Å². The largest absolute Gasteiger partial charge is 0.454 e. The Bertz CT molecular complexity index is 1070. The molecule has 158 valence electrons. The number of rotatable bonds is 2. The van der Waals surface area contributed by atoms with Crippen molar-refractivity contribution >= 4 is 27.9 Å². The van der Waals surface area contributed by atoms with Crippen LogP contribution >= 0.6 is 11.3 Å². The van der Waals surface area contributed by atoms with E-state index in [1.807, 2.05) is 0 Å². The molecule has 3 heterocycles. The van der Waals surface area contributed by atoms with Crippen molar-refractivity contribution in [3.05, 3.63) is 43.8 Å². The Hall–Kier alpha value is -2.81. The molecule has 2 aliphatic heterocycles. The average molecular weight is 429 g/mol. The molecule has 0 unspecified atom stereocenters. The molecule has 0 radical (unpaired) electrons. The van der Waals surface area contributed by atoms with Crippen molar-refractivity contribution < 1.29 is 19.2 Å². The lowest BCUT2D eigenvalue weighted by Crippen LogP contribution is -2.38. The number of thiophene rings is 1. The maximum atomic E-state index is 13.0. The fourth-order valence-electron chi connectivity index (χ4n) is 4.53. The van der Waals surface area contributed by atoms with E-state index < -0.39 is 11.1 Å². The summed E-state index contributed by atoms with van der Waals surface area (Å²) in [6.07, 6.45) is 2.19. The molecule has 0 spiro atoms. The SMILES string of the molecule is CC(C)(C)[C@H]1CCc2c(sc3c2C(=O)N[C@@H](c2cc4c(cc2[N+](=O)[O-])OCO4)N3)C1. The van der Waals surface area contributed by atoms with Crippen molar-refractivity contribution in [1.82, 2.24) is 5.32 Å².